The van der Waals surface area contributed by atoms with Gasteiger partial charge in [0.25, 0.3) is 0 Å². The van der Waals surface area contributed by atoms with Crippen LogP contribution in [0.2, 0.25) is 0 Å². The minimum Gasteiger partial charge on any atom is -0.487 e. The van der Waals surface area contributed by atoms with Gasteiger partial charge in [-0.15, -0.1) is 23.5 Å². The van der Waals surface area contributed by atoms with Crippen molar-refractivity contribution in [1.82, 2.24) is 0 Å². The Morgan fingerprint density at radius 3 is 2.54 bits per heavy atom. The maximum atomic E-state index is 13.3. The predicted molar refractivity (Wildman–Crippen MR) is 110 cm³/mol. The SMILES string of the molecule is C[C@@H]1C[C@]23OC(=O)C4=C2O[C@H]1[C@H](O)[C@H]3/C=C\[C@H](O)[C@@H](C)C[C@@H](C)C41SCCS1. The normalized spacial score (nSPS) is 50.3. The van der Waals surface area contributed by atoms with E-state index in [-0.39, 0.29) is 35.7 Å². The van der Waals surface area contributed by atoms with E-state index in [4.69, 9.17) is 9.47 Å². The van der Waals surface area contributed by atoms with Gasteiger partial charge in [-0.25, -0.2) is 4.79 Å². The zero-order valence-corrected chi connectivity index (χ0v) is 18.1. The number of aliphatic hydroxyl groups is 2. The second kappa shape index (κ2) is 6.43. The van der Waals surface area contributed by atoms with Gasteiger partial charge in [0, 0.05) is 17.9 Å². The Hall–Kier alpha value is -0.630. The molecule has 0 aromatic heterocycles. The summed E-state index contributed by atoms with van der Waals surface area (Å²) in [6, 6.07) is 0. The molecule has 4 aliphatic heterocycles. The van der Waals surface area contributed by atoms with Gasteiger partial charge in [0.15, 0.2) is 11.4 Å². The predicted octanol–water partition coefficient (Wildman–Crippen LogP) is 2.72. The average Bonchev–Trinajstić information content (AvgIpc) is 3.22. The number of ether oxygens (including phenoxy) is 2. The van der Waals surface area contributed by atoms with Crippen LogP contribution in [0.25, 0.3) is 0 Å². The summed E-state index contributed by atoms with van der Waals surface area (Å²) < 4.78 is 12.1. The van der Waals surface area contributed by atoms with Crippen LogP contribution in [0.5, 0.6) is 0 Å². The molecule has 4 heterocycles. The summed E-state index contributed by atoms with van der Waals surface area (Å²) in [4.78, 5) is 13.3. The Kier molecular flexibility index (Phi) is 4.44. The Bertz CT molecular complexity index is 758. The van der Waals surface area contributed by atoms with Crippen LogP contribution in [0.4, 0.5) is 0 Å². The summed E-state index contributed by atoms with van der Waals surface area (Å²) in [5, 5.41) is 21.7. The van der Waals surface area contributed by atoms with Crippen molar-refractivity contribution in [2.45, 2.75) is 61.6 Å². The topological polar surface area (TPSA) is 76.0 Å². The molecule has 0 radical (unpaired) electrons. The summed E-state index contributed by atoms with van der Waals surface area (Å²) in [7, 11) is 0. The lowest BCUT2D eigenvalue weighted by Gasteiger charge is -2.54. The standard InChI is InChI=1S/C21H28O5S2/c1-10-8-12(3)21(27-6-7-28-21)15-18-20(26-19(15)24)9-11(2)17(25-18)16(23)13(20)4-5-14(10)22/h4-5,10-14,16-17,22-23H,6-9H2,1-3H3/b5-4-/t10-,11+,12+,13+,14-,16+,17+,20+/m0/s1. The summed E-state index contributed by atoms with van der Waals surface area (Å²) in [5.74, 6) is 2.30. The second-order valence-electron chi connectivity index (χ2n) is 9.12. The molecule has 6 rings (SSSR count). The molecule has 28 heavy (non-hydrogen) atoms. The van der Waals surface area contributed by atoms with Crippen LogP contribution >= 0.6 is 23.5 Å². The first kappa shape index (κ1) is 19.3. The molecule has 2 N–H and O–H groups in total. The molecule has 3 saturated heterocycles. The Morgan fingerprint density at radius 1 is 1.11 bits per heavy atom. The van der Waals surface area contributed by atoms with E-state index >= 15 is 0 Å². The van der Waals surface area contributed by atoms with Crippen LogP contribution in [0.15, 0.2) is 23.5 Å². The Labute approximate surface area is 174 Å². The molecule has 154 valence electrons. The lowest BCUT2D eigenvalue weighted by atomic mass is 9.64. The van der Waals surface area contributed by atoms with E-state index in [9.17, 15) is 15.0 Å². The van der Waals surface area contributed by atoms with E-state index in [1.807, 2.05) is 36.5 Å². The molecule has 0 aromatic carbocycles. The molecule has 8 atom stereocenters. The molecule has 2 spiro atoms. The number of carbonyl (C=O) groups is 1. The molecule has 4 fully saturated rings. The number of esters is 1. The van der Waals surface area contributed by atoms with Gasteiger partial charge in [0.2, 0.25) is 0 Å². The fraction of sp³-hybridized carbons (Fsp3) is 0.762. The van der Waals surface area contributed by atoms with Crippen LogP contribution in [0.3, 0.4) is 0 Å². The Morgan fingerprint density at radius 2 is 1.82 bits per heavy atom. The van der Waals surface area contributed by atoms with E-state index in [1.165, 1.54) is 0 Å². The molecule has 1 saturated carbocycles. The molecule has 6 aliphatic rings. The average molecular weight is 425 g/mol. The number of hydrogen-bond acceptors (Lipinski definition) is 7. The van der Waals surface area contributed by atoms with Gasteiger partial charge < -0.3 is 19.7 Å². The van der Waals surface area contributed by atoms with E-state index in [0.717, 1.165) is 17.9 Å². The second-order valence-corrected chi connectivity index (χ2v) is 12.1. The van der Waals surface area contributed by atoms with Gasteiger partial charge in [-0.3, -0.25) is 0 Å². The van der Waals surface area contributed by atoms with E-state index < -0.39 is 21.9 Å². The van der Waals surface area contributed by atoms with Gasteiger partial charge in [-0.1, -0.05) is 32.9 Å². The zero-order chi connectivity index (χ0) is 19.8. The van der Waals surface area contributed by atoms with Gasteiger partial charge in [-0.2, -0.15) is 0 Å². The molecular formula is C21H28O5S2. The van der Waals surface area contributed by atoms with Crippen molar-refractivity contribution in [2.24, 2.45) is 23.7 Å². The van der Waals surface area contributed by atoms with E-state index in [1.54, 1.807) is 6.08 Å². The quantitative estimate of drug-likeness (QED) is 0.457. The summed E-state index contributed by atoms with van der Waals surface area (Å²) in [6.45, 7) is 6.28. The first-order valence-electron chi connectivity index (χ1n) is 10.3. The summed E-state index contributed by atoms with van der Waals surface area (Å²) >= 11 is 3.63. The maximum absolute atomic E-state index is 13.3. The van der Waals surface area contributed by atoms with Gasteiger partial charge in [-0.05, 0) is 24.2 Å². The van der Waals surface area contributed by atoms with Gasteiger partial charge in [0.1, 0.15) is 17.8 Å². The minimum absolute atomic E-state index is 0.0645. The highest BCUT2D eigenvalue weighted by molar-refractivity contribution is 8.21. The van der Waals surface area contributed by atoms with Crippen LogP contribution < -0.4 is 0 Å². The molecule has 0 unspecified atom stereocenters. The Balaban J connectivity index is 1.75. The van der Waals surface area contributed by atoms with Gasteiger partial charge in [0.05, 0.1) is 16.1 Å². The van der Waals surface area contributed by atoms with Crippen molar-refractivity contribution < 1.29 is 24.5 Å². The first-order chi connectivity index (χ1) is 13.3. The van der Waals surface area contributed by atoms with Crippen molar-refractivity contribution in [3.05, 3.63) is 23.5 Å². The molecule has 0 aromatic rings. The van der Waals surface area contributed by atoms with E-state index in [0.29, 0.717) is 17.8 Å². The molecule has 2 aliphatic carbocycles. The monoisotopic (exact) mass is 424 g/mol. The highest BCUT2D eigenvalue weighted by Gasteiger charge is 2.69. The van der Waals surface area contributed by atoms with Crippen molar-refractivity contribution >= 4 is 29.5 Å². The number of thioether (sulfide) groups is 2. The van der Waals surface area contributed by atoms with Crippen molar-refractivity contribution in [1.29, 1.82) is 0 Å². The molecule has 5 nitrogen and oxygen atoms in total. The van der Waals surface area contributed by atoms with Crippen molar-refractivity contribution in [3.63, 3.8) is 0 Å². The molecule has 5 bridgehead atoms. The fourth-order valence-corrected chi connectivity index (χ4v) is 9.41. The fourth-order valence-electron chi connectivity index (χ4n) is 5.90. The largest absolute Gasteiger partial charge is 0.487 e. The highest BCUT2D eigenvalue weighted by atomic mass is 32.2. The lowest BCUT2D eigenvalue weighted by Crippen LogP contribution is -2.63. The van der Waals surface area contributed by atoms with Crippen molar-refractivity contribution in [2.75, 3.05) is 11.5 Å². The zero-order valence-electron chi connectivity index (χ0n) is 16.5. The summed E-state index contributed by atoms with van der Waals surface area (Å²) in [6.07, 6.45) is 3.43. The molecular weight excluding hydrogens is 396 g/mol. The van der Waals surface area contributed by atoms with Gasteiger partial charge >= 0.3 is 5.97 Å². The number of aliphatic hydroxyl groups excluding tert-OH is 2. The number of fused-ring (bicyclic) bond motifs is 2. The van der Waals surface area contributed by atoms with Crippen LogP contribution in [-0.4, -0.2) is 55.7 Å². The summed E-state index contributed by atoms with van der Waals surface area (Å²) in [5.41, 5.74) is -0.265. The van der Waals surface area contributed by atoms with Crippen LogP contribution in [0.1, 0.15) is 33.6 Å². The highest BCUT2D eigenvalue weighted by Crippen LogP contribution is 2.64. The van der Waals surface area contributed by atoms with Crippen LogP contribution in [0, 0.1) is 23.7 Å². The molecule has 0 amide bonds. The number of carbonyl (C=O) groups excluding carboxylic acids is 1. The van der Waals surface area contributed by atoms with Crippen LogP contribution in [-0.2, 0) is 14.3 Å². The minimum atomic E-state index is -0.944. The lowest BCUT2D eigenvalue weighted by molar-refractivity contribution is -0.220. The van der Waals surface area contributed by atoms with Crippen molar-refractivity contribution in [3.8, 4) is 0 Å². The third-order valence-electron chi connectivity index (χ3n) is 7.31. The first-order valence-corrected chi connectivity index (χ1v) is 12.2. The molecule has 7 heteroatoms. The smallest absolute Gasteiger partial charge is 0.340 e. The third-order valence-corrected chi connectivity index (χ3v) is 11.2. The van der Waals surface area contributed by atoms with E-state index in [2.05, 4.69) is 13.8 Å². The third kappa shape index (κ3) is 2.39. The number of hydrogen-bond donors (Lipinski definition) is 2. The maximum Gasteiger partial charge on any atom is 0.340 e. The number of rotatable bonds is 0.